The molecular formula is C13H24O2. The van der Waals surface area contributed by atoms with Crippen molar-refractivity contribution in [1.82, 2.24) is 0 Å². The summed E-state index contributed by atoms with van der Waals surface area (Å²) in [6.07, 6.45) is 5.65. The zero-order valence-electron chi connectivity index (χ0n) is 9.95. The lowest BCUT2D eigenvalue weighted by molar-refractivity contribution is -0.0321. The fraction of sp³-hybridized carbons (Fsp3) is 1.00. The Morgan fingerprint density at radius 3 is 2.73 bits per heavy atom. The molecule has 2 saturated carbocycles. The molecule has 88 valence electrons. The average Bonchev–Trinajstić information content (AvgIpc) is 2.56. The molecular weight excluding hydrogens is 188 g/mol. The van der Waals surface area contributed by atoms with Crippen molar-refractivity contribution < 1.29 is 10.2 Å². The van der Waals surface area contributed by atoms with E-state index in [1.54, 1.807) is 0 Å². The van der Waals surface area contributed by atoms with Crippen molar-refractivity contribution in [1.29, 1.82) is 0 Å². The number of aliphatic hydroxyl groups is 2. The van der Waals surface area contributed by atoms with Crippen molar-refractivity contribution in [3.8, 4) is 0 Å². The lowest BCUT2D eigenvalue weighted by atomic mass is 9.62. The summed E-state index contributed by atoms with van der Waals surface area (Å²) in [6.45, 7) is 4.78. The molecule has 2 aliphatic carbocycles. The molecule has 0 bridgehead atoms. The molecule has 0 saturated heterocycles. The van der Waals surface area contributed by atoms with Crippen LogP contribution < -0.4 is 0 Å². The van der Waals surface area contributed by atoms with Gasteiger partial charge in [-0.15, -0.1) is 0 Å². The van der Waals surface area contributed by atoms with Crippen molar-refractivity contribution in [2.24, 2.45) is 23.2 Å². The molecule has 3 unspecified atom stereocenters. The van der Waals surface area contributed by atoms with Crippen LogP contribution in [0, 0.1) is 23.2 Å². The average molecular weight is 212 g/mol. The summed E-state index contributed by atoms with van der Waals surface area (Å²) in [5.74, 6) is 1.50. The number of hydrogen-bond acceptors (Lipinski definition) is 2. The number of fused-ring (bicyclic) bond motifs is 1. The maximum Gasteiger partial charge on any atom is 0.0573 e. The third-order valence-corrected chi connectivity index (χ3v) is 5.14. The highest BCUT2D eigenvalue weighted by Crippen LogP contribution is 2.57. The van der Waals surface area contributed by atoms with Gasteiger partial charge in [-0.3, -0.25) is 0 Å². The van der Waals surface area contributed by atoms with E-state index in [0.717, 1.165) is 19.3 Å². The number of aliphatic hydroxyl groups excluding tert-OH is 2. The standard InChI is InChI=1S/C13H24O2/c1-9(8-14)10-5-6-11-12(15)4-3-7-13(10,11)2/h9-12,14-15H,3-8H2,1-2H3/t9?,10?,11?,12-,13+/m0/s1. The lowest BCUT2D eigenvalue weighted by Crippen LogP contribution is -2.41. The molecule has 2 heteroatoms. The van der Waals surface area contributed by atoms with E-state index in [-0.39, 0.29) is 6.10 Å². The van der Waals surface area contributed by atoms with E-state index in [2.05, 4.69) is 13.8 Å². The van der Waals surface area contributed by atoms with Gasteiger partial charge in [0.05, 0.1) is 6.10 Å². The first-order valence-electron chi connectivity index (χ1n) is 6.38. The van der Waals surface area contributed by atoms with E-state index >= 15 is 0 Å². The highest BCUT2D eigenvalue weighted by molar-refractivity contribution is 5.01. The van der Waals surface area contributed by atoms with Crippen LogP contribution >= 0.6 is 0 Å². The van der Waals surface area contributed by atoms with Crippen LogP contribution in [0.2, 0.25) is 0 Å². The molecule has 0 amide bonds. The molecule has 2 fully saturated rings. The highest BCUT2D eigenvalue weighted by Gasteiger charge is 2.51. The molecule has 5 atom stereocenters. The monoisotopic (exact) mass is 212 g/mol. The molecule has 0 aromatic carbocycles. The number of hydrogen-bond donors (Lipinski definition) is 2. The number of rotatable bonds is 2. The van der Waals surface area contributed by atoms with E-state index < -0.39 is 0 Å². The van der Waals surface area contributed by atoms with Crippen LogP contribution in [0.1, 0.15) is 46.0 Å². The third-order valence-electron chi connectivity index (χ3n) is 5.14. The summed E-state index contributed by atoms with van der Waals surface area (Å²) in [5, 5.41) is 19.4. The van der Waals surface area contributed by atoms with Crippen LogP contribution in [-0.4, -0.2) is 22.9 Å². The van der Waals surface area contributed by atoms with Gasteiger partial charge in [-0.2, -0.15) is 0 Å². The molecule has 0 aromatic heterocycles. The molecule has 2 N–H and O–H groups in total. The minimum Gasteiger partial charge on any atom is -0.396 e. The van der Waals surface area contributed by atoms with Gasteiger partial charge in [-0.1, -0.05) is 20.3 Å². The van der Waals surface area contributed by atoms with Crippen LogP contribution in [0.4, 0.5) is 0 Å². The summed E-state index contributed by atoms with van der Waals surface area (Å²) in [7, 11) is 0. The smallest absolute Gasteiger partial charge is 0.0573 e. The highest BCUT2D eigenvalue weighted by atomic mass is 16.3. The minimum atomic E-state index is -0.0837. The van der Waals surface area contributed by atoms with E-state index in [0.29, 0.717) is 29.8 Å². The van der Waals surface area contributed by atoms with Crippen LogP contribution in [0.3, 0.4) is 0 Å². The van der Waals surface area contributed by atoms with Crippen LogP contribution in [-0.2, 0) is 0 Å². The largest absolute Gasteiger partial charge is 0.396 e. The Labute approximate surface area is 92.7 Å². The maximum atomic E-state index is 10.1. The lowest BCUT2D eigenvalue weighted by Gasteiger charge is -2.45. The van der Waals surface area contributed by atoms with Crippen molar-refractivity contribution in [3.63, 3.8) is 0 Å². The van der Waals surface area contributed by atoms with Gasteiger partial charge >= 0.3 is 0 Å². The van der Waals surface area contributed by atoms with Crippen LogP contribution in [0.15, 0.2) is 0 Å². The molecule has 0 aliphatic heterocycles. The third kappa shape index (κ3) is 1.72. The second kappa shape index (κ2) is 4.06. The summed E-state index contributed by atoms with van der Waals surface area (Å²) in [4.78, 5) is 0. The molecule has 2 rings (SSSR count). The van der Waals surface area contributed by atoms with Gasteiger partial charge in [0.2, 0.25) is 0 Å². The second-order valence-corrected chi connectivity index (χ2v) is 5.92. The molecule has 0 heterocycles. The van der Waals surface area contributed by atoms with Gasteiger partial charge in [0, 0.05) is 6.61 Å². The first-order chi connectivity index (χ1) is 7.09. The summed E-state index contributed by atoms with van der Waals surface area (Å²) in [6, 6.07) is 0. The molecule has 2 nitrogen and oxygen atoms in total. The molecule has 0 spiro atoms. The Bertz CT molecular complexity index is 229. The van der Waals surface area contributed by atoms with Crippen LogP contribution in [0.25, 0.3) is 0 Å². The Hall–Kier alpha value is -0.0800. The molecule has 0 aromatic rings. The van der Waals surface area contributed by atoms with E-state index in [9.17, 15) is 10.2 Å². The Balaban J connectivity index is 2.17. The van der Waals surface area contributed by atoms with Gasteiger partial charge < -0.3 is 10.2 Å². The van der Waals surface area contributed by atoms with Gasteiger partial charge in [-0.05, 0) is 48.9 Å². The van der Waals surface area contributed by atoms with Gasteiger partial charge in [0.15, 0.2) is 0 Å². The topological polar surface area (TPSA) is 40.5 Å². The quantitative estimate of drug-likeness (QED) is 0.736. The normalized spacial score (nSPS) is 47.6. The van der Waals surface area contributed by atoms with Crippen molar-refractivity contribution in [3.05, 3.63) is 0 Å². The minimum absolute atomic E-state index is 0.0837. The SMILES string of the molecule is CC(CO)C1CCC2[C@@H](O)CCC[C@]12C. The van der Waals surface area contributed by atoms with E-state index in [1.807, 2.05) is 0 Å². The summed E-state index contributed by atoms with van der Waals surface area (Å²) < 4.78 is 0. The maximum absolute atomic E-state index is 10.1. The first-order valence-corrected chi connectivity index (χ1v) is 6.38. The van der Waals surface area contributed by atoms with Crippen molar-refractivity contribution >= 4 is 0 Å². The van der Waals surface area contributed by atoms with E-state index in [1.165, 1.54) is 12.8 Å². The Morgan fingerprint density at radius 1 is 1.33 bits per heavy atom. The fourth-order valence-corrected chi connectivity index (χ4v) is 4.25. The summed E-state index contributed by atoms with van der Waals surface area (Å²) >= 11 is 0. The molecule has 15 heavy (non-hydrogen) atoms. The predicted molar refractivity (Wildman–Crippen MR) is 60.4 cm³/mol. The Morgan fingerprint density at radius 2 is 2.07 bits per heavy atom. The van der Waals surface area contributed by atoms with Crippen molar-refractivity contribution in [2.75, 3.05) is 6.61 Å². The zero-order chi connectivity index (χ0) is 11.1. The van der Waals surface area contributed by atoms with Crippen molar-refractivity contribution in [2.45, 2.75) is 52.1 Å². The zero-order valence-corrected chi connectivity index (χ0v) is 9.95. The molecule has 0 radical (unpaired) electrons. The van der Waals surface area contributed by atoms with Gasteiger partial charge in [-0.25, -0.2) is 0 Å². The fourth-order valence-electron chi connectivity index (χ4n) is 4.25. The van der Waals surface area contributed by atoms with Gasteiger partial charge in [0.25, 0.3) is 0 Å². The first kappa shape index (κ1) is 11.4. The predicted octanol–water partition coefficient (Wildman–Crippen LogP) is 2.19. The molecule has 2 aliphatic rings. The second-order valence-electron chi connectivity index (χ2n) is 5.92. The Kier molecular flexibility index (Phi) is 3.09. The van der Waals surface area contributed by atoms with E-state index in [4.69, 9.17) is 0 Å². The van der Waals surface area contributed by atoms with Crippen LogP contribution in [0.5, 0.6) is 0 Å². The summed E-state index contributed by atoms with van der Waals surface area (Å²) in [5.41, 5.74) is 0.291. The van der Waals surface area contributed by atoms with Gasteiger partial charge in [0.1, 0.15) is 0 Å².